The highest BCUT2D eigenvalue weighted by Crippen LogP contribution is 2.52. The van der Waals surface area contributed by atoms with Crippen molar-refractivity contribution in [2.45, 2.75) is 58.3 Å². The molecule has 0 spiro atoms. The fourth-order valence-corrected chi connectivity index (χ4v) is 3.98. The van der Waals surface area contributed by atoms with Crippen molar-refractivity contribution in [3.05, 3.63) is 11.7 Å². The third-order valence-electron chi connectivity index (χ3n) is 5.00. The topological polar surface area (TPSA) is 65.2 Å². The van der Waals surface area contributed by atoms with Crippen LogP contribution in [0.15, 0.2) is 4.52 Å². The number of hydrogen-bond donors (Lipinski definition) is 0. The van der Waals surface area contributed by atoms with Crippen LogP contribution in [0.1, 0.15) is 70.0 Å². The van der Waals surface area contributed by atoms with Crippen LogP contribution in [0.25, 0.3) is 0 Å². The fourth-order valence-electron chi connectivity index (χ4n) is 3.98. The largest absolute Gasteiger partial charge is 0.465 e. The first-order valence-electron chi connectivity index (χ1n) is 8.10. The molecule has 0 radical (unpaired) electrons. The number of rotatable bonds is 5. The molecular formula is C16H24N2O3. The lowest BCUT2D eigenvalue weighted by Crippen LogP contribution is -2.21. The summed E-state index contributed by atoms with van der Waals surface area (Å²) >= 11 is 0. The summed E-state index contributed by atoms with van der Waals surface area (Å²) in [5, 5.41) is 4.17. The van der Waals surface area contributed by atoms with Gasteiger partial charge in [0.2, 0.25) is 5.89 Å². The Bertz CT molecular complexity index is 511. The summed E-state index contributed by atoms with van der Waals surface area (Å²) in [5.74, 6) is 2.55. The quantitative estimate of drug-likeness (QED) is 0.779. The minimum absolute atomic E-state index is 0.0809. The lowest BCUT2D eigenvalue weighted by molar-refractivity contribution is -0.146. The van der Waals surface area contributed by atoms with Crippen LogP contribution in [-0.4, -0.2) is 22.7 Å². The Morgan fingerprint density at radius 1 is 1.38 bits per heavy atom. The van der Waals surface area contributed by atoms with E-state index in [4.69, 9.17) is 9.26 Å². The molecule has 0 saturated heterocycles. The summed E-state index contributed by atoms with van der Waals surface area (Å²) < 4.78 is 10.6. The molecule has 2 fully saturated rings. The van der Waals surface area contributed by atoms with E-state index in [-0.39, 0.29) is 11.9 Å². The van der Waals surface area contributed by atoms with Gasteiger partial charge in [-0.2, -0.15) is 4.98 Å². The van der Waals surface area contributed by atoms with Gasteiger partial charge in [-0.25, -0.2) is 0 Å². The Labute approximate surface area is 125 Å². The van der Waals surface area contributed by atoms with Gasteiger partial charge in [-0.05, 0) is 43.9 Å². The Hall–Kier alpha value is -1.39. The number of esters is 1. The molecule has 3 rings (SSSR count). The molecule has 2 aliphatic rings. The van der Waals surface area contributed by atoms with Crippen molar-refractivity contribution in [1.29, 1.82) is 0 Å². The SMILES string of the molecule is CCOC(=O)C(c1nc(C2CC3CCC2C3)no1)C(C)C. The molecule has 2 saturated carbocycles. The van der Waals surface area contributed by atoms with Gasteiger partial charge in [-0.3, -0.25) is 4.79 Å². The number of nitrogens with zero attached hydrogens (tertiary/aromatic N) is 2. The highest BCUT2D eigenvalue weighted by molar-refractivity contribution is 5.77. The van der Waals surface area contributed by atoms with Gasteiger partial charge in [0.05, 0.1) is 6.61 Å². The van der Waals surface area contributed by atoms with Gasteiger partial charge in [0.1, 0.15) is 5.92 Å². The average Bonchev–Trinajstić information content (AvgIpc) is 3.14. The van der Waals surface area contributed by atoms with E-state index in [0.29, 0.717) is 24.3 Å². The van der Waals surface area contributed by atoms with Gasteiger partial charge in [0, 0.05) is 5.92 Å². The molecule has 0 amide bonds. The third kappa shape index (κ3) is 2.70. The minimum atomic E-state index is -0.454. The van der Waals surface area contributed by atoms with Crippen molar-refractivity contribution in [3.63, 3.8) is 0 Å². The molecule has 0 aromatic carbocycles. The summed E-state index contributed by atoms with van der Waals surface area (Å²) in [6, 6.07) is 0. The third-order valence-corrected chi connectivity index (χ3v) is 5.00. The minimum Gasteiger partial charge on any atom is -0.465 e. The number of fused-ring (bicyclic) bond motifs is 2. The van der Waals surface area contributed by atoms with Gasteiger partial charge >= 0.3 is 5.97 Å². The monoisotopic (exact) mass is 292 g/mol. The second kappa shape index (κ2) is 5.78. The first kappa shape index (κ1) is 14.5. The van der Waals surface area contributed by atoms with E-state index in [0.717, 1.165) is 11.7 Å². The van der Waals surface area contributed by atoms with Crippen LogP contribution in [0.3, 0.4) is 0 Å². The van der Waals surface area contributed by atoms with E-state index in [1.54, 1.807) is 0 Å². The van der Waals surface area contributed by atoms with Crippen molar-refractivity contribution in [3.8, 4) is 0 Å². The van der Waals surface area contributed by atoms with Gasteiger partial charge in [0.15, 0.2) is 5.82 Å². The smallest absolute Gasteiger partial charge is 0.318 e. The second-order valence-corrected chi connectivity index (χ2v) is 6.75. The van der Waals surface area contributed by atoms with E-state index < -0.39 is 5.92 Å². The lowest BCUT2D eigenvalue weighted by atomic mass is 9.88. The number of aromatic nitrogens is 2. The average molecular weight is 292 g/mol. The van der Waals surface area contributed by atoms with Crippen LogP contribution >= 0.6 is 0 Å². The van der Waals surface area contributed by atoms with Crippen LogP contribution in [0.5, 0.6) is 0 Å². The Morgan fingerprint density at radius 2 is 2.19 bits per heavy atom. The maximum atomic E-state index is 12.1. The molecule has 5 nitrogen and oxygen atoms in total. The summed E-state index contributed by atoms with van der Waals surface area (Å²) in [6.45, 7) is 6.13. The molecule has 2 aliphatic carbocycles. The predicted molar refractivity (Wildman–Crippen MR) is 76.7 cm³/mol. The molecule has 1 heterocycles. The van der Waals surface area contributed by atoms with Crippen LogP contribution in [0.2, 0.25) is 0 Å². The van der Waals surface area contributed by atoms with Crippen molar-refractivity contribution < 1.29 is 14.1 Å². The summed E-state index contributed by atoms with van der Waals surface area (Å²) in [4.78, 5) is 16.7. The molecule has 4 atom stereocenters. The van der Waals surface area contributed by atoms with E-state index in [9.17, 15) is 4.79 Å². The summed E-state index contributed by atoms with van der Waals surface area (Å²) in [7, 11) is 0. The maximum Gasteiger partial charge on any atom is 0.318 e. The van der Waals surface area contributed by atoms with E-state index in [1.165, 1.54) is 25.7 Å². The zero-order chi connectivity index (χ0) is 15.0. The zero-order valence-electron chi connectivity index (χ0n) is 13.0. The van der Waals surface area contributed by atoms with Crippen LogP contribution < -0.4 is 0 Å². The summed E-state index contributed by atoms with van der Waals surface area (Å²) in [6.07, 6.45) is 5.11. The number of hydrogen-bond acceptors (Lipinski definition) is 5. The second-order valence-electron chi connectivity index (χ2n) is 6.75. The van der Waals surface area contributed by atoms with E-state index in [2.05, 4.69) is 10.1 Å². The highest BCUT2D eigenvalue weighted by atomic mass is 16.5. The Balaban J connectivity index is 1.78. The molecule has 4 unspecified atom stereocenters. The first-order chi connectivity index (χ1) is 10.1. The first-order valence-corrected chi connectivity index (χ1v) is 8.10. The van der Waals surface area contributed by atoms with Gasteiger partial charge in [-0.1, -0.05) is 25.4 Å². The fraction of sp³-hybridized carbons (Fsp3) is 0.812. The van der Waals surface area contributed by atoms with Gasteiger partial charge < -0.3 is 9.26 Å². The van der Waals surface area contributed by atoms with Crippen molar-refractivity contribution in [1.82, 2.24) is 10.1 Å². The molecule has 116 valence electrons. The van der Waals surface area contributed by atoms with Gasteiger partial charge in [-0.15, -0.1) is 0 Å². The maximum absolute atomic E-state index is 12.1. The van der Waals surface area contributed by atoms with Crippen molar-refractivity contribution in [2.75, 3.05) is 6.61 Å². The molecule has 5 heteroatoms. The summed E-state index contributed by atoms with van der Waals surface area (Å²) in [5.41, 5.74) is 0. The van der Waals surface area contributed by atoms with Crippen molar-refractivity contribution >= 4 is 5.97 Å². The molecule has 2 bridgehead atoms. The normalized spacial score (nSPS) is 29.0. The highest BCUT2D eigenvalue weighted by Gasteiger charge is 2.43. The van der Waals surface area contributed by atoms with Crippen molar-refractivity contribution in [2.24, 2.45) is 17.8 Å². The van der Waals surface area contributed by atoms with E-state index >= 15 is 0 Å². The van der Waals surface area contributed by atoms with Crippen LogP contribution in [0.4, 0.5) is 0 Å². The van der Waals surface area contributed by atoms with Crippen LogP contribution in [-0.2, 0) is 9.53 Å². The van der Waals surface area contributed by atoms with E-state index in [1.807, 2.05) is 20.8 Å². The number of carbonyl (C=O) groups is 1. The number of ether oxygens (including phenoxy) is 1. The zero-order valence-corrected chi connectivity index (χ0v) is 13.0. The van der Waals surface area contributed by atoms with Crippen LogP contribution in [0, 0.1) is 17.8 Å². The molecule has 21 heavy (non-hydrogen) atoms. The predicted octanol–water partition coefficient (Wildman–Crippen LogP) is 3.28. The lowest BCUT2D eigenvalue weighted by Gasteiger charge is -2.18. The standard InChI is InChI=1S/C16H24N2O3/c1-4-20-16(19)13(9(2)3)15-17-14(18-21-15)12-8-10-5-6-11(12)7-10/h9-13H,4-8H2,1-3H3. The molecule has 1 aromatic heterocycles. The molecular weight excluding hydrogens is 268 g/mol. The van der Waals surface area contributed by atoms with Gasteiger partial charge in [0.25, 0.3) is 0 Å². The Morgan fingerprint density at radius 3 is 2.76 bits per heavy atom. The molecule has 1 aromatic rings. The Kier molecular flexibility index (Phi) is 4.00. The number of carbonyl (C=O) groups excluding carboxylic acids is 1. The molecule has 0 aliphatic heterocycles. The molecule has 0 N–H and O–H groups in total.